The van der Waals surface area contributed by atoms with Crippen LogP contribution in [-0.2, 0) is 21.0 Å². The average molecular weight is 337 g/mol. The Morgan fingerprint density at radius 1 is 1.32 bits per heavy atom. The molecule has 1 aliphatic rings. The highest BCUT2D eigenvalue weighted by Gasteiger charge is 2.45. The van der Waals surface area contributed by atoms with Crippen LogP contribution in [0.5, 0.6) is 0 Å². The molecule has 1 N–H and O–H groups in total. The maximum Gasteiger partial charge on any atom is 0.433 e. The van der Waals surface area contributed by atoms with Gasteiger partial charge in [-0.1, -0.05) is 0 Å². The van der Waals surface area contributed by atoms with Crippen LogP contribution in [-0.4, -0.2) is 42.2 Å². The molecule has 2 heterocycles. The number of aromatic nitrogens is 1. The molecule has 1 aliphatic heterocycles. The second-order valence-corrected chi connectivity index (χ2v) is 7.13. The number of carbonyl (C=O) groups is 1. The van der Waals surface area contributed by atoms with Crippen LogP contribution >= 0.6 is 0 Å². The second kappa shape index (κ2) is 5.20. The number of pyridine rings is 1. The summed E-state index contributed by atoms with van der Waals surface area (Å²) in [5, 5.41) is 2.55. The zero-order valence-corrected chi connectivity index (χ0v) is 12.6. The van der Waals surface area contributed by atoms with E-state index in [1.807, 2.05) is 0 Å². The summed E-state index contributed by atoms with van der Waals surface area (Å²) in [6.45, 7) is 3.02. The van der Waals surface area contributed by atoms with Crippen molar-refractivity contribution in [3.05, 3.63) is 24.0 Å². The Morgan fingerprint density at radius 3 is 2.45 bits per heavy atom. The molecule has 1 saturated heterocycles. The summed E-state index contributed by atoms with van der Waals surface area (Å²) in [5.74, 6) is -0.470. The van der Waals surface area contributed by atoms with Crippen molar-refractivity contribution in [2.75, 3.05) is 13.1 Å². The first-order valence-corrected chi connectivity index (χ1v) is 7.76. The van der Waals surface area contributed by atoms with Gasteiger partial charge in [0.25, 0.3) is 0 Å². The van der Waals surface area contributed by atoms with Crippen LogP contribution in [0.15, 0.2) is 23.2 Å². The van der Waals surface area contributed by atoms with Gasteiger partial charge in [-0.05, 0) is 26.0 Å². The molecule has 0 aromatic carbocycles. The summed E-state index contributed by atoms with van der Waals surface area (Å²) in [6, 6.07) is 1.44. The van der Waals surface area contributed by atoms with Crippen molar-refractivity contribution in [1.29, 1.82) is 0 Å². The van der Waals surface area contributed by atoms with Crippen molar-refractivity contribution >= 4 is 15.9 Å². The molecule has 1 fully saturated rings. The Hall–Kier alpha value is -1.68. The van der Waals surface area contributed by atoms with Crippen molar-refractivity contribution in [3.63, 3.8) is 0 Å². The number of alkyl halides is 3. The topological polar surface area (TPSA) is 79.4 Å². The summed E-state index contributed by atoms with van der Waals surface area (Å²) in [6.07, 6.45) is -3.99. The van der Waals surface area contributed by atoms with Crippen LogP contribution in [0.1, 0.15) is 19.5 Å². The molecule has 0 unspecified atom stereocenters. The molecule has 0 aliphatic carbocycles. The lowest BCUT2D eigenvalue weighted by Crippen LogP contribution is -2.63. The standard InChI is InChI=1S/C12H14F3N3O3S/c1-11(2)10(19)16-5-6-18(11)22(20,21)8-3-4-9(17-7-8)12(13,14)15/h3-4,7H,5-6H2,1-2H3,(H,16,19). The van der Waals surface area contributed by atoms with E-state index in [9.17, 15) is 26.4 Å². The Bertz CT molecular complexity index is 684. The van der Waals surface area contributed by atoms with Crippen LogP contribution in [0.2, 0.25) is 0 Å². The van der Waals surface area contributed by atoms with E-state index in [1.54, 1.807) is 0 Å². The van der Waals surface area contributed by atoms with E-state index in [-0.39, 0.29) is 18.0 Å². The predicted octanol–water partition coefficient (Wildman–Crippen LogP) is 1.000. The van der Waals surface area contributed by atoms with Gasteiger partial charge in [-0.3, -0.25) is 9.78 Å². The Labute approximate surface area is 125 Å². The van der Waals surface area contributed by atoms with E-state index in [4.69, 9.17) is 0 Å². The van der Waals surface area contributed by atoms with Crippen molar-refractivity contribution in [1.82, 2.24) is 14.6 Å². The number of halogens is 3. The van der Waals surface area contributed by atoms with Crippen LogP contribution in [0.4, 0.5) is 13.2 Å². The molecule has 0 spiro atoms. The third-order valence-electron chi connectivity index (χ3n) is 3.39. The first kappa shape index (κ1) is 16.7. The largest absolute Gasteiger partial charge is 0.433 e. The minimum Gasteiger partial charge on any atom is -0.353 e. The number of sulfonamides is 1. The number of amides is 1. The van der Waals surface area contributed by atoms with Gasteiger partial charge in [0.15, 0.2) is 0 Å². The number of nitrogens with zero attached hydrogens (tertiary/aromatic N) is 2. The molecule has 1 aromatic heterocycles. The van der Waals surface area contributed by atoms with Gasteiger partial charge in [-0.15, -0.1) is 0 Å². The van der Waals surface area contributed by atoms with Crippen LogP contribution in [0, 0.1) is 0 Å². The highest BCUT2D eigenvalue weighted by molar-refractivity contribution is 7.89. The van der Waals surface area contributed by atoms with Gasteiger partial charge in [0.05, 0.1) is 0 Å². The van der Waals surface area contributed by atoms with Gasteiger partial charge in [0.1, 0.15) is 16.1 Å². The molecule has 2 rings (SSSR count). The minimum atomic E-state index is -4.65. The SMILES string of the molecule is CC1(C)C(=O)NCCN1S(=O)(=O)c1ccc(C(F)(F)F)nc1. The number of rotatable bonds is 2. The van der Waals surface area contributed by atoms with E-state index in [0.717, 1.165) is 10.4 Å². The van der Waals surface area contributed by atoms with Crippen molar-refractivity contribution < 1.29 is 26.4 Å². The van der Waals surface area contributed by atoms with Crippen molar-refractivity contribution in [3.8, 4) is 0 Å². The number of hydrogen-bond acceptors (Lipinski definition) is 4. The first-order chi connectivity index (χ1) is 9.97. The van der Waals surface area contributed by atoms with E-state index in [0.29, 0.717) is 12.3 Å². The van der Waals surface area contributed by atoms with Gasteiger partial charge in [-0.25, -0.2) is 8.42 Å². The molecule has 0 bridgehead atoms. The molecular weight excluding hydrogens is 323 g/mol. The van der Waals surface area contributed by atoms with Gasteiger partial charge in [0.2, 0.25) is 15.9 Å². The van der Waals surface area contributed by atoms with Gasteiger partial charge < -0.3 is 5.32 Å². The summed E-state index contributed by atoms with van der Waals surface area (Å²) in [7, 11) is -4.12. The number of hydrogen-bond donors (Lipinski definition) is 1. The fraction of sp³-hybridized carbons (Fsp3) is 0.500. The Balaban J connectivity index is 2.40. The molecule has 0 atom stereocenters. The lowest BCUT2D eigenvalue weighted by molar-refractivity contribution is -0.141. The van der Waals surface area contributed by atoms with Crippen LogP contribution in [0.25, 0.3) is 0 Å². The fourth-order valence-electron chi connectivity index (χ4n) is 2.13. The molecule has 0 radical (unpaired) electrons. The van der Waals surface area contributed by atoms with Crippen LogP contribution < -0.4 is 5.32 Å². The zero-order chi connectivity index (χ0) is 16.8. The summed E-state index contributed by atoms with van der Waals surface area (Å²) in [4.78, 5) is 14.6. The average Bonchev–Trinajstić information content (AvgIpc) is 2.40. The van der Waals surface area contributed by atoms with E-state index in [2.05, 4.69) is 10.3 Å². The molecule has 22 heavy (non-hydrogen) atoms. The third kappa shape index (κ3) is 2.80. The van der Waals surface area contributed by atoms with Gasteiger partial charge in [0, 0.05) is 19.3 Å². The lowest BCUT2D eigenvalue weighted by Gasteiger charge is -2.39. The predicted molar refractivity (Wildman–Crippen MR) is 70.2 cm³/mol. The maximum atomic E-state index is 12.5. The molecule has 1 aromatic rings. The van der Waals surface area contributed by atoms with E-state index in [1.165, 1.54) is 13.8 Å². The quantitative estimate of drug-likeness (QED) is 0.873. The Kier molecular flexibility index (Phi) is 3.94. The number of piperazine rings is 1. The maximum absolute atomic E-state index is 12.5. The minimum absolute atomic E-state index is 0.0299. The third-order valence-corrected chi connectivity index (χ3v) is 5.45. The molecule has 0 saturated carbocycles. The summed E-state index contributed by atoms with van der Waals surface area (Å²) < 4.78 is 63.4. The highest BCUT2D eigenvalue weighted by Crippen LogP contribution is 2.30. The van der Waals surface area contributed by atoms with E-state index >= 15 is 0 Å². The van der Waals surface area contributed by atoms with E-state index < -0.39 is 33.3 Å². The normalized spacial score (nSPS) is 19.8. The summed E-state index contributed by atoms with van der Waals surface area (Å²) in [5.41, 5.74) is -2.51. The van der Waals surface area contributed by atoms with Crippen LogP contribution in [0.3, 0.4) is 0 Å². The van der Waals surface area contributed by atoms with Crippen molar-refractivity contribution in [2.24, 2.45) is 0 Å². The molecule has 1 amide bonds. The Morgan fingerprint density at radius 2 is 1.95 bits per heavy atom. The number of nitrogens with one attached hydrogen (secondary N) is 1. The van der Waals surface area contributed by atoms with Gasteiger partial charge in [-0.2, -0.15) is 17.5 Å². The van der Waals surface area contributed by atoms with Gasteiger partial charge >= 0.3 is 6.18 Å². The number of carbonyl (C=O) groups excluding carboxylic acids is 1. The fourth-order valence-corrected chi connectivity index (χ4v) is 3.82. The highest BCUT2D eigenvalue weighted by atomic mass is 32.2. The van der Waals surface area contributed by atoms with Crippen molar-refractivity contribution in [2.45, 2.75) is 30.5 Å². The smallest absolute Gasteiger partial charge is 0.353 e. The monoisotopic (exact) mass is 337 g/mol. The first-order valence-electron chi connectivity index (χ1n) is 6.32. The lowest BCUT2D eigenvalue weighted by atomic mass is 10.0. The molecular formula is C12H14F3N3O3S. The second-order valence-electron chi connectivity index (χ2n) is 5.27. The molecule has 10 heteroatoms. The molecule has 6 nitrogen and oxygen atoms in total. The molecule has 122 valence electrons. The summed E-state index contributed by atoms with van der Waals surface area (Å²) >= 11 is 0. The zero-order valence-electron chi connectivity index (χ0n) is 11.8.